The molecule has 1 heterocycles. The molecule has 0 bridgehead atoms. The Labute approximate surface area is 224 Å². The number of anilines is 3. The van der Waals surface area contributed by atoms with Crippen LogP contribution in [-0.2, 0) is 0 Å². The van der Waals surface area contributed by atoms with Crippen LogP contribution >= 0.6 is 0 Å². The lowest BCUT2D eigenvalue weighted by atomic mass is 9.90. The van der Waals surface area contributed by atoms with Crippen molar-refractivity contribution in [3.63, 3.8) is 0 Å². The maximum atomic E-state index is 12.6. The van der Waals surface area contributed by atoms with Crippen LogP contribution in [-0.4, -0.2) is 37.6 Å². The number of hydrogen-bond acceptors (Lipinski definition) is 4. The monoisotopic (exact) mass is 506 g/mol. The van der Waals surface area contributed by atoms with Crippen LogP contribution in [0.5, 0.6) is 11.5 Å². The first-order valence-electron chi connectivity index (χ1n) is 13.0. The predicted octanol–water partition coefficient (Wildman–Crippen LogP) is 7.39. The van der Waals surface area contributed by atoms with E-state index >= 15 is 0 Å². The first kappa shape index (κ1) is 25.4. The van der Waals surface area contributed by atoms with Gasteiger partial charge in [-0.15, -0.1) is 0 Å². The van der Waals surface area contributed by atoms with E-state index in [9.17, 15) is 4.79 Å². The molecule has 4 aromatic rings. The van der Waals surface area contributed by atoms with Crippen molar-refractivity contribution in [3.05, 3.63) is 115 Å². The van der Waals surface area contributed by atoms with Gasteiger partial charge in [-0.2, -0.15) is 0 Å². The summed E-state index contributed by atoms with van der Waals surface area (Å²) < 4.78 is 5.81. The summed E-state index contributed by atoms with van der Waals surface area (Å²) in [6, 6.07) is 36.3. The summed E-state index contributed by atoms with van der Waals surface area (Å²) in [5, 5.41) is 5.82. The summed E-state index contributed by atoms with van der Waals surface area (Å²) in [4.78, 5) is 17.4. The van der Waals surface area contributed by atoms with Crippen molar-refractivity contribution in [2.24, 2.45) is 0 Å². The number of ether oxygens (including phenoxy) is 1. The van der Waals surface area contributed by atoms with E-state index in [4.69, 9.17) is 4.74 Å². The van der Waals surface area contributed by atoms with E-state index in [-0.39, 0.29) is 6.03 Å². The van der Waals surface area contributed by atoms with Gasteiger partial charge in [0.25, 0.3) is 0 Å². The average molecular weight is 507 g/mol. The number of nitrogens with one attached hydrogen (secondary N) is 2. The zero-order chi connectivity index (χ0) is 26.3. The van der Waals surface area contributed by atoms with Gasteiger partial charge in [0.2, 0.25) is 0 Å². The molecule has 1 aliphatic rings. The van der Waals surface area contributed by atoms with Gasteiger partial charge in [-0.25, -0.2) is 4.79 Å². The van der Waals surface area contributed by atoms with Crippen molar-refractivity contribution in [2.75, 3.05) is 36.2 Å². The Kier molecular flexibility index (Phi) is 7.90. The number of carbonyl (C=O) groups excluding carboxylic acids is 1. The molecule has 6 nitrogen and oxygen atoms in total. The molecular weight excluding hydrogens is 472 g/mol. The number of benzene rings is 4. The van der Waals surface area contributed by atoms with Crippen LogP contribution < -0.4 is 20.3 Å². The number of nitrogens with zero attached hydrogens (tertiary/aromatic N) is 2. The molecule has 4 aromatic carbocycles. The minimum Gasteiger partial charge on any atom is -0.457 e. The molecule has 2 amide bonds. The van der Waals surface area contributed by atoms with Gasteiger partial charge in [-0.3, -0.25) is 0 Å². The highest BCUT2D eigenvalue weighted by atomic mass is 16.5. The number of rotatable bonds is 7. The molecule has 1 aliphatic heterocycles. The fourth-order valence-corrected chi connectivity index (χ4v) is 4.98. The second-order valence-electron chi connectivity index (χ2n) is 9.83. The van der Waals surface area contributed by atoms with Crippen LogP contribution in [0.3, 0.4) is 0 Å². The van der Waals surface area contributed by atoms with Crippen molar-refractivity contribution < 1.29 is 9.53 Å². The summed E-state index contributed by atoms with van der Waals surface area (Å²) >= 11 is 0. The normalized spacial score (nSPS) is 17.2. The Morgan fingerprint density at radius 1 is 0.763 bits per heavy atom. The first-order chi connectivity index (χ1) is 18.5. The Morgan fingerprint density at radius 3 is 1.92 bits per heavy atom. The number of urea groups is 1. The summed E-state index contributed by atoms with van der Waals surface area (Å²) in [5.41, 5.74) is 3.93. The van der Waals surface area contributed by atoms with Crippen LogP contribution in [0.2, 0.25) is 0 Å². The second-order valence-corrected chi connectivity index (χ2v) is 9.83. The minimum absolute atomic E-state index is 0.288. The number of amides is 2. The number of para-hydroxylation sites is 1. The third kappa shape index (κ3) is 6.33. The Bertz CT molecular complexity index is 1310. The molecule has 6 heteroatoms. The fourth-order valence-electron chi connectivity index (χ4n) is 4.98. The Balaban J connectivity index is 1.20. The molecule has 2 unspecified atom stereocenters. The van der Waals surface area contributed by atoms with Gasteiger partial charge in [-0.1, -0.05) is 48.5 Å². The smallest absolute Gasteiger partial charge is 0.323 e. The van der Waals surface area contributed by atoms with E-state index in [0.717, 1.165) is 36.5 Å². The number of hydrogen-bond donors (Lipinski definition) is 2. The maximum absolute atomic E-state index is 12.6. The van der Waals surface area contributed by atoms with Gasteiger partial charge in [0, 0.05) is 29.6 Å². The molecule has 2 N–H and O–H groups in total. The van der Waals surface area contributed by atoms with Gasteiger partial charge < -0.3 is 25.2 Å². The van der Waals surface area contributed by atoms with Crippen LogP contribution in [0.15, 0.2) is 109 Å². The summed E-state index contributed by atoms with van der Waals surface area (Å²) in [6.45, 7) is 0.986. The highest BCUT2D eigenvalue weighted by Crippen LogP contribution is 2.36. The van der Waals surface area contributed by atoms with Crippen molar-refractivity contribution in [2.45, 2.75) is 24.9 Å². The molecule has 0 radical (unpaired) electrons. The van der Waals surface area contributed by atoms with Gasteiger partial charge in [0.15, 0.2) is 0 Å². The molecule has 0 spiro atoms. The molecule has 1 saturated heterocycles. The summed E-state index contributed by atoms with van der Waals surface area (Å²) in [5.74, 6) is 1.48. The van der Waals surface area contributed by atoms with Gasteiger partial charge >= 0.3 is 6.03 Å². The van der Waals surface area contributed by atoms with E-state index in [1.165, 1.54) is 5.56 Å². The lowest BCUT2D eigenvalue weighted by molar-refractivity contribution is 0.225. The predicted molar refractivity (Wildman–Crippen MR) is 155 cm³/mol. The molecule has 0 aromatic heterocycles. The quantitative estimate of drug-likeness (QED) is 0.274. The number of carbonyl (C=O) groups is 1. The fraction of sp³-hybridized carbons (Fsp3) is 0.219. The van der Waals surface area contributed by atoms with E-state index in [0.29, 0.717) is 23.5 Å². The zero-order valence-electron chi connectivity index (χ0n) is 21.9. The van der Waals surface area contributed by atoms with Crippen molar-refractivity contribution in [3.8, 4) is 11.5 Å². The zero-order valence-corrected chi connectivity index (χ0v) is 21.9. The third-order valence-corrected chi connectivity index (χ3v) is 7.04. The SMILES string of the molecule is CN(C)C1CCN(c2ccc(NC(=O)Nc3ccc(Oc4ccccc4)cc3)cc2)C(c2ccccc2)C1. The van der Waals surface area contributed by atoms with E-state index < -0.39 is 0 Å². The average Bonchev–Trinajstić information content (AvgIpc) is 2.95. The third-order valence-electron chi connectivity index (χ3n) is 7.04. The lowest BCUT2D eigenvalue weighted by Crippen LogP contribution is -2.44. The van der Waals surface area contributed by atoms with Crippen molar-refractivity contribution >= 4 is 23.1 Å². The number of piperidine rings is 1. The topological polar surface area (TPSA) is 56.8 Å². The highest BCUT2D eigenvalue weighted by molar-refractivity contribution is 5.99. The first-order valence-corrected chi connectivity index (χ1v) is 13.0. The van der Waals surface area contributed by atoms with Crippen molar-refractivity contribution in [1.82, 2.24) is 4.90 Å². The van der Waals surface area contributed by atoms with E-state index in [2.05, 4.69) is 77.0 Å². The molecule has 5 rings (SSSR count). The van der Waals surface area contributed by atoms with Crippen LogP contribution in [0, 0.1) is 0 Å². The summed E-state index contributed by atoms with van der Waals surface area (Å²) in [7, 11) is 4.33. The van der Waals surface area contributed by atoms with E-state index in [1.807, 2.05) is 66.7 Å². The van der Waals surface area contributed by atoms with Crippen molar-refractivity contribution in [1.29, 1.82) is 0 Å². The molecule has 0 aliphatic carbocycles. The lowest BCUT2D eigenvalue weighted by Gasteiger charge is -2.43. The van der Waals surface area contributed by atoms with Crippen LogP contribution in [0.1, 0.15) is 24.4 Å². The largest absolute Gasteiger partial charge is 0.457 e. The van der Waals surface area contributed by atoms with Crippen LogP contribution in [0.4, 0.5) is 21.9 Å². The van der Waals surface area contributed by atoms with Gasteiger partial charge in [0.05, 0.1) is 6.04 Å². The minimum atomic E-state index is -0.288. The van der Waals surface area contributed by atoms with Gasteiger partial charge in [0.1, 0.15) is 11.5 Å². The van der Waals surface area contributed by atoms with Crippen LogP contribution in [0.25, 0.3) is 0 Å². The summed E-state index contributed by atoms with van der Waals surface area (Å²) in [6.07, 6.45) is 2.20. The van der Waals surface area contributed by atoms with Gasteiger partial charge in [-0.05, 0) is 93.2 Å². The standard InChI is InChI=1S/C32H34N4O2/c1-35(2)28-21-22-36(31(23-28)24-9-5-3-6-10-24)27-17-13-25(14-18-27)33-32(37)34-26-15-19-30(20-16-26)38-29-11-7-4-8-12-29/h3-20,28,31H,21-23H2,1-2H3,(H2,33,34,37). The molecule has 2 atom stereocenters. The molecule has 194 valence electrons. The molecule has 1 fully saturated rings. The van der Waals surface area contributed by atoms with E-state index in [1.54, 1.807) is 0 Å². The highest BCUT2D eigenvalue weighted by Gasteiger charge is 2.30. The maximum Gasteiger partial charge on any atom is 0.323 e. The second kappa shape index (κ2) is 11.8. The Hall–Kier alpha value is -4.29. The molecule has 0 saturated carbocycles. The Morgan fingerprint density at radius 2 is 1.32 bits per heavy atom. The molecule has 38 heavy (non-hydrogen) atoms. The molecular formula is C32H34N4O2.